The Hall–Kier alpha value is -1.53. The molecular formula is C18H32N4O2. The van der Waals surface area contributed by atoms with Crippen molar-refractivity contribution in [1.82, 2.24) is 15.5 Å². The molecule has 6 nitrogen and oxygen atoms in total. The SMILES string of the molecule is CCNC(=NCC(O)c1ccco1)NCCCN1CCCCC1C. The van der Waals surface area contributed by atoms with Crippen molar-refractivity contribution >= 4 is 5.96 Å². The molecule has 0 saturated carbocycles. The number of aliphatic hydroxyl groups is 1. The zero-order chi connectivity index (χ0) is 17.2. The molecule has 0 radical (unpaired) electrons. The van der Waals surface area contributed by atoms with Gasteiger partial charge in [-0.15, -0.1) is 0 Å². The molecule has 0 aromatic carbocycles. The number of hydrogen-bond acceptors (Lipinski definition) is 4. The quantitative estimate of drug-likeness (QED) is 0.385. The van der Waals surface area contributed by atoms with Gasteiger partial charge in [-0.25, -0.2) is 0 Å². The molecule has 2 heterocycles. The fourth-order valence-electron chi connectivity index (χ4n) is 3.07. The van der Waals surface area contributed by atoms with Gasteiger partial charge in [-0.3, -0.25) is 4.99 Å². The standard InChI is InChI=1S/C18H32N4O2/c1-3-19-18(21-14-16(23)17-9-6-13-24-17)20-10-7-12-22-11-5-4-8-15(22)2/h6,9,13,15-16,23H,3-5,7-8,10-12,14H2,1-2H3,(H2,19,20,21). The summed E-state index contributed by atoms with van der Waals surface area (Å²) >= 11 is 0. The lowest BCUT2D eigenvalue weighted by molar-refractivity contribution is 0.158. The second-order valence-electron chi connectivity index (χ2n) is 6.41. The van der Waals surface area contributed by atoms with Gasteiger partial charge in [0.25, 0.3) is 0 Å². The van der Waals surface area contributed by atoms with Gasteiger partial charge in [0, 0.05) is 25.7 Å². The first-order valence-electron chi connectivity index (χ1n) is 9.18. The number of hydrogen-bond donors (Lipinski definition) is 3. The summed E-state index contributed by atoms with van der Waals surface area (Å²) in [5.74, 6) is 1.29. The van der Waals surface area contributed by atoms with Crippen LogP contribution in [0.15, 0.2) is 27.8 Å². The highest BCUT2D eigenvalue weighted by Crippen LogP contribution is 2.16. The van der Waals surface area contributed by atoms with Gasteiger partial charge in [0.15, 0.2) is 5.96 Å². The third-order valence-electron chi connectivity index (χ3n) is 4.49. The summed E-state index contributed by atoms with van der Waals surface area (Å²) in [7, 11) is 0. The summed E-state index contributed by atoms with van der Waals surface area (Å²) in [6, 6.07) is 4.25. The van der Waals surface area contributed by atoms with E-state index in [1.807, 2.05) is 6.92 Å². The summed E-state index contributed by atoms with van der Waals surface area (Å²) in [5.41, 5.74) is 0. The van der Waals surface area contributed by atoms with Crippen molar-refractivity contribution in [1.29, 1.82) is 0 Å². The molecule has 1 aliphatic rings. The van der Waals surface area contributed by atoms with E-state index >= 15 is 0 Å². The van der Waals surface area contributed by atoms with Crippen LogP contribution in [-0.4, -0.2) is 54.7 Å². The Morgan fingerprint density at radius 1 is 1.46 bits per heavy atom. The first-order valence-corrected chi connectivity index (χ1v) is 9.18. The average molecular weight is 336 g/mol. The smallest absolute Gasteiger partial charge is 0.191 e. The van der Waals surface area contributed by atoms with Gasteiger partial charge in [0.1, 0.15) is 11.9 Å². The third kappa shape index (κ3) is 6.17. The van der Waals surface area contributed by atoms with Gasteiger partial charge in [0.2, 0.25) is 0 Å². The number of nitrogens with one attached hydrogen (secondary N) is 2. The normalized spacial score (nSPS) is 20.8. The lowest BCUT2D eigenvalue weighted by Crippen LogP contribution is -2.41. The first-order chi connectivity index (χ1) is 11.7. The number of likely N-dealkylation sites (tertiary alicyclic amines) is 1. The van der Waals surface area contributed by atoms with Crippen molar-refractivity contribution in [3.05, 3.63) is 24.2 Å². The highest BCUT2D eigenvalue weighted by Gasteiger charge is 2.17. The van der Waals surface area contributed by atoms with Crippen molar-refractivity contribution in [2.24, 2.45) is 4.99 Å². The van der Waals surface area contributed by atoms with Crippen LogP contribution in [0.1, 0.15) is 51.4 Å². The molecule has 2 rings (SSSR count). The molecule has 3 N–H and O–H groups in total. The van der Waals surface area contributed by atoms with Gasteiger partial charge < -0.3 is 25.1 Å². The molecule has 6 heteroatoms. The maximum Gasteiger partial charge on any atom is 0.191 e. The zero-order valence-electron chi connectivity index (χ0n) is 15.0. The Bertz CT molecular complexity index is 475. The van der Waals surface area contributed by atoms with E-state index in [2.05, 4.69) is 27.4 Å². The van der Waals surface area contributed by atoms with Crippen LogP contribution in [-0.2, 0) is 0 Å². The van der Waals surface area contributed by atoms with Crippen LogP contribution in [0.3, 0.4) is 0 Å². The Morgan fingerprint density at radius 2 is 2.33 bits per heavy atom. The largest absolute Gasteiger partial charge is 0.467 e. The lowest BCUT2D eigenvalue weighted by atomic mass is 10.0. The van der Waals surface area contributed by atoms with Gasteiger partial charge >= 0.3 is 0 Å². The number of piperidine rings is 1. The van der Waals surface area contributed by atoms with E-state index in [1.165, 1.54) is 25.8 Å². The van der Waals surface area contributed by atoms with Crippen LogP contribution in [0.2, 0.25) is 0 Å². The highest BCUT2D eigenvalue weighted by molar-refractivity contribution is 5.79. The minimum atomic E-state index is -0.704. The summed E-state index contributed by atoms with van der Waals surface area (Å²) in [4.78, 5) is 7.02. The van der Waals surface area contributed by atoms with Crippen molar-refractivity contribution in [3.63, 3.8) is 0 Å². The maximum absolute atomic E-state index is 10.0. The summed E-state index contributed by atoms with van der Waals surface area (Å²) in [5, 5.41) is 16.6. The second-order valence-corrected chi connectivity index (χ2v) is 6.41. The minimum absolute atomic E-state index is 0.284. The van der Waals surface area contributed by atoms with E-state index in [4.69, 9.17) is 4.42 Å². The Labute approximate surface area is 145 Å². The summed E-state index contributed by atoms with van der Waals surface area (Å²) in [6.07, 6.45) is 5.97. The van der Waals surface area contributed by atoms with Crippen LogP contribution in [0.25, 0.3) is 0 Å². The Balaban J connectivity index is 1.71. The molecule has 2 atom stereocenters. The van der Waals surface area contributed by atoms with E-state index in [9.17, 15) is 5.11 Å². The van der Waals surface area contributed by atoms with Gasteiger partial charge in [0.05, 0.1) is 12.8 Å². The summed E-state index contributed by atoms with van der Waals surface area (Å²) in [6.45, 7) is 8.68. The molecule has 2 unspecified atom stereocenters. The van der Waals surface area contributed by atoms with E-state index in [1.54, 1.807) is 18.4 Å². The molecule has 1 fully saturated rings. The molecule has 0 bridgehead atoms. The number of nitrogens with zero attached hydrogens (tertiary/aromatic N) is 2. The average Bonchev–Trinajstić information content (AvgIpc) is 3.12. The summed E-state index contributed by atoms with van der Waals surface area (Å²) < 4.78 is 5.20. The van der Waals surface area contributed by atoms with Crippen LogP contribution in [0.4, 0.5) is 0 Å². The first kappa shape index (κ1) is 18.8. The molecule has 1 aromatic heterocycles. The second kappa shape index (κ2) is 10.4. The molecule has 0 amide bonds. The molecule has 1 aromatic rings. The molecule has 0 spiro atoms. The van der Waals surface area contributed by atoms with Crippen LogP contribution in [0, 0.1) is 0 Å². The van der Waals surface area contributed by atoms with Crippen molar-refractivity contribution in [2.45, 2.75) is 51.7 Å². The van der Waals surface area contributed by atoms with Crippen LogP contribution in [0.5, 0.6) is 0 Å². The van der Waals surface area contributed by atoms with Crippen LogP contribution < -0.4 is 10.6 Å². The number of aliphatic hydroxyl groups excluding tert-OH is 1. The maximum atomic E-state index is 10.0. The van der Waals surface area contributed by atoms with E-state index in [0.717, 1.165) is 32.0 Å². The lowest BCUT2D eigenvalue weighted by Gasteiger charge is -2.33. The minimum Gasteiger partial charge on any atom is -0.467 e. The number of guanidine groups is 1. The van der Waals surface area contributed by atoms with Gasteiger partial charge in [-0.1, -0.05) is 6.42 Å². The monoisotopic (exact) mass is 336 g/mol. The Kier molecular flexibility index (Phi) is 8.12. The number of furan rings is 1. The fourth-order valence-corrected chi connectivity index (χ4v) is 3.07. The predicted octanol–water partition coefficient (Wildman–Crippen LogP) is 2.13. The van der Waals surface area contributed by atoms with Crippen molar-refractivity contribution < 1.29 is 9.52 Å². The highest BCUT2D eigenvalue weighted by atomic mass is 16.4. The van der Waals surface area contributed by atoms with E-state index < -0.39 is 6.10 Å². The molecule has 1 aliphatic heterocycles. The molecule has 0 aliphatic carbocycles. The molecule has 24 heavy (non-hydrogen) atoms. The molecule has 136 valence electrons. The molecule has 1 saturated heterocycles. The van der Waals surface area contributed by atoms with Crippen molar-refractivity contribution in [2.75, 3.05) is 32.7 Å². The number of rotatable bonds is 8. The van der Waals surface area contributed by atoms with Crippen LogP contribution >= 0.6 is 0 Å². The van der Waals surface area contributed by atoms with Crippen molar-refractivity contribution in [3.8, 4) is 0 Å². The van der Waals surface area contributed by atoms with Gasteiger partial charge in [-0.05, 0) is 51.8 Å². The van der Waals surface area contributed by atoms with Gasteiger partial charge in [-0.2, -0.15) is 0 Å². The molecular weight excluding hydrogens is 304 g/mol. The third-order valence-corrected chi connectivity index (χ3v) is 4.49. The Morgan fingerprint density at radius 3 is 3.04 bits per heavy atom. The zero-order valence-corrected chi connectivity index (χ0v) is 15.0. The predicted molar refractivity (Wildman–Crippen MR) is 97.2 cm³/mol. The fraction of sp³-hybridized carbons (Fsp3) is 0.722. The topological polar surface area (TPSA) is 73.0 Å². The number of aliphatic imine (C=N–C) groups is 1. The van der Waals surface area contributed by atoms with E-state index in [0.29, 0.717) is 11.8 Å². The van der Waals surface area contributed by atoms with E-state index in [-0.39, 0.29) is 6.54 Å².